The van der Waals surface area contributed by atoms with Crippen molar-refractivity contribution in [3.05, 3.63) is 23.8 Å². The van der Waals surface area contributed by atoms with E-state index < -0.39 is 0 Å². The summed E-state index contributed by atoms with van der Waals surface area (Å²) in [5.74, 6) is -0.217. The van der Waals surface area contributed by atoms with Gasteiger partial charge in [-0.05, 0) is 12.1 Å². The number of carbonyl (C=O) groups is 1. The lowest BCUT2D eigenvalue weighted by Gasteiger charge is -2.21. The van der Waals surface area contributed by atoms with Crippen LogP contribution in [0.5, 0.6) is 11.5 Å². The van der Waals surface area contributed by atoms with E-state index in [1.807, 2.05) is 0 Å². The van der Waals surface area contributed by atoms with E-state index in [4.69, 9.17) is 15.2 Å². The van der Waals surface area contributed by atoms with Crippen molar-refractivity contribution >= 4 is 5.91 Å². The van der Waals surface area contributed by atoms with Crippen molar-refractivity contribution in [3.63, 3.8) is 0 Å². The van der Waals surface area contributed by atoms with Crippen molar-refractivity contribution in [1.29, 1.82) is 0 Å². The molecule has 0 aliphatic rings. The van der Waals surface area contributed by atoms with Gasteiger partial charge in [0.25, 0.3) is 5.91 Å². The smallest absolute Gasteiger partial charge is 0.257 e. The van der Waals surface area contributed by atoms with Crippen molar-refractivity contribution in [2.24, 2.45) is 5.73 Å². The first kappa shape index (κ1) is 15.3. The Kier molecular flexibility index (Phi) is 5.59. The van der Waals surface area contributed by atoms with E-state index in [1.54, 1.807) is 32.4 Å². The first-order chi connectivity index (χ1) is 9.01. The van der Waals surface area contributed by atoms with Gasteiger partial charge in [0, 0.05) is 26.7 Å². The van der Waals surface area contributed by atoms with Crippen LogP contribution in [0, 0.1) is 0 Å². The molecule has 1 rings (SSSR count). The van der Waals surface area contributed by atoms with Crippen LogP contribution in [0.25, 0.3) is 0 Å². The van der Waals surface area contributed by atoms with E-state index in [9.17, 15) is 9.90 Å². The predicted molar refractivity (Wildman–Crippen MR) is 71.5 cm³/mol. The van der Waals surface area contributed by atoms with Crippen LogP contribution in [0.2, 0.25) is 0 Å². The fourth-order valence-corrected chi connectivity index (χ4v) is 1.77. The van der Waals surface area contributed by atoms with E-state index in [0.717, 1.165) is 0 Å². The van der Waals surface area contributed by atoms with E-state index >= 15 is 0 Å². The van der Waals surface area contributed by atoms with Gasteiger partial charge in [0.2, 0.25) is 0 Å². The summed E-state index contributed by atoms with van der Waals surface area (Å²) in [5.41, 5.74) is 5.98. The van der Waals surface area contributed by atoms with Crippen molar-refractivity contribution in [2.45, 2.75) is 6.04 Å². The van der Waals surface area contributed by atoms with E-state index in [1.165, 1.54) is 12.0 Å². The van der Waals surface area contributed by atoms with Crippen LogP contribution in [0.4, 0.5) is 0 Å². The van der Waals surface area contributed by atoms with Crippen molar-refractivity contribution in [3.8, 4) is 11.5 Å². The predicted octanol–water partition coefficient (Wildman–Crippen LogP) is 0.447. The highest BCUT2D eigenvalue weighted by Gasteiger charge is 2.19. The number of para-hydroxylation sites is 1. The zero-order chi connectivity index (χ0) is 14.4. The van der Waals surface area contributed by atoms with Gasteiger partial charge in [-0.15, -0.1) is 0 Å². The SMILES string of the molecule is COCC(N)CN(C)C(=O)c1cccc(OC)c1O. The molecule has 0 aliphatic heterocycles. The number of hydrogen-bond donors (Lipinski definition) is 2. The Hall–Kier alpha value is -1.79. The molecule has 0 saturated heterocycles. The number of benzene rings is 1. The summed E-state index contributed by atoms with van der Waals surface area (Å²) >= 11 is 0. The maximum absolute atomic E-state index is 12.2. The molecule has 6 nitrogen and oxygen atoms in total. The Balaban J connectivity index is 2.82. The first-order valence-corrected chi connectivity index (χ1v) is 5.87. The Morgan fingerprint density at radius 2 is 2.16 bits per heavy atom. The van der Waals surface area contributed by atoms with Gasteiger partial charge in [-0.2, -0.15) is 0 Å². The van der Waals surface area contributed by atoms with Gasteiger partial charge in [0.1, 0.15) is 0 Å². The topological polar surface area (TPSA) is 85.0 Å². The lowest BCUT2D eigenvalue weighted by molar-refractivity contribution is 0.0761. The van der Waals surface area contributed by atoms with Gasteiger partial charge >= 0.3 is 0 Å². The number of ether oxygens (including phenoxy) is 2. The molecule has 106 valence electrons. The van der Waals surface area contributed by atoms with E-state index in [2.05, 4.69) is 0 Å². The average molecular weight is 268 g/mol. The lowest BCUT2D eigenvalue weighted by atomic mass is 10.1. The molecule has 1 atom stereocenters. The molecule has 0 fully saturated rings. The number of aromatic hydroxyl groups is 1. The third-order valence-electron chi connectivity index (χ3n) is 2.69. The fourth-order valence-electron chi connectivity index (χ4n) is 1.77. The van der Waals surface area contributed by atoms with Gasteiger partial charge in [-0.1, -0.05) is 6.07 Å². The minimum Gasteiger partial charge on any atom is -0.504 e. The first-order valence-electron chi connectivity index (χ1n) is 5.87. The average Bonchev–Trinajstić information content (AvgIpc) is 2.38. The summed E-state index contributed by atoms with van der Waals surface area (Å²) in [6, 6.07) is 4.50. The highest BCUT2D eigenvalue weighted by molar-refractivity contribution is 5.97. The van der Waals surface area contributed by atoms with Crippen LogP contribution < -0.4 is 10.5 Å². The molecule has 0 aliphatic carbocycles. The lowest BCUT2D eigenvalue weighted by Crippen LogP contribution is -2.41. The summed E-state index contributed by atoms with van der Waals surface area (Å²) in [6.07, 6.45) is 0. The van der Waals surface area contributed by atoms with Crippen LogP contribution in [-0.4, -0.2) is 56.4 Å². The summed E-state index contributed by atoms with van der Waals surface area (Å²) in [4.78, 5) is 13.6. The standard InChI is InChI=1S/C13H20N2O4/c1-15(7-9(14)8-18-2)13(17)10-5-4-6-11(19-3)12(10)16/h4-6,9,16H,7-8,14H2,1-3H3. The molecule has 1 amide bonds. The summed E-state index contributed by atoms with van der Waals surface area (Å²) in [5, 5.41) is 9.92. The van der Waals surface area contributed by atoms with Crippen molar-refractivity contribution in [1.82, 2.24) is 4.90 Å². The highest BCUT2D eigenvalue weighted by atomic mass is 16.5. The zero-order valence-corrected chi connectivity index (χ0v) is 11.4. The Morgan fingerprint density at radius 1 is 1.47 bits per heavy atom. The monoisotopic (exact) mass is 268 g/mol. The third-order valence-corrected chi connectivity index (χ3v) is 2.69. The number of likely N-dealkylation sites (N-methyl/N-ethyl adjacent to an activating group) is 1. The molecule has 0 heterocycles. The minimum absolute atomic E-state index is 0.165. The summed E-state index contributed by atoms with van der Waals surface area (Å²) in [6.45, 7) is 0.699. The number of hydrogen-bond acceptors (Lipinski definition) is 5. The van der Waals surface area contributed by atoms with E-state index in [0.29, 0.717) is 13.2 Å². The van der Waals surface area contributed by atoms with Gasteiger partial charge in [0.15, 0.2) is 11.5 Å². The number of nitrogens with two attached hydrogens (primary N) is 1. The molecule has 1 aromatic rings. The molecule has 3 N–H and O–H groups in total. The number of amides is 1. The second-order valence-corrected chi connectivity index (χ2v) is 4.26. The number of methoxy groups -OCH3 is 2. The second-order valence-electron chi connectivity index (χ2n) is 4.26. The molecule has 0 radical (unpaired) electrons. The normalized spacial score (nSPS) is 12.0. The van der Waals surface area contributed by atoms with Crippen molar-refractivity contribution < 1.29 is 19.4 Å². The Labute approximate surface area is 112 Å². The molecular formula is C13H20N2O4. The van der Waals surface area contributed by atoms with E-state index in [-0.39, 0.29) is 29.0 Å². The van der Waals surface area contributed by atoms with Crippen molar-refractivity contribution in [2.75, 3.05) is 34.4 Å². The molecule has 0 aromatic heterocycles. The number of carbonyl (C=O) groups excluding carboxylic acids is 1. The summed E-state index contributed by atoms with van der Waals surface area (Å²) in [7, 11) is 4.61. The maximum Gasteiger partial charge on any atom is 0.257 e. The second kappa shape index (κ2) is 6.96. The molecule has 1 unspecified atom stereocenters. The quantitative estimate of drug-likeness (QED) is 0.782. The minimum atomic E-state index is -0.317. The van der Waals surface area contributed by atoms with Crippen LogP contribution in [0.3, 0.4) is 0 Å². The molecule has 0 saturated carbocycles. The Morgan fingerprint density at radius 3 is 2.74 bits per heavy atom. The van der Waals surface area contributed by atoms with Crippen LogP contribution in [0.1, 0.15) is 10.4 Å². The van der Waals surface area contributed by atoms with Crippen LogP contribution >= 0.6 is 0 Å². The van der Waals surface area contributed by atoms with Gasteiger partial charge < -0.3 is 25.2 Å². The maximum atomic E-state index is 12.2. The highest BCUT2D eigenvalue weighted by Crippen LogP contribution is 2.29. The van der Waals surface area contributed by atoms with Gasteiger partial charge in [-0.25, -0.2) is 0 Å². The Bertz CT molecular complexity index is 437. The zero-order valence-electron chi connectivity index (χ0n) is 11.4. The van der Waals surface area contributed by atoms with Gasteiger partial charge in [0.05, 0.1) is 19.3 Å². The molecule has 1 aromatic carbocycles. The number of phenolic OH excluding ortho intramolecular Hbond substituents is 1. The summed E-state index contributed by atoms with van der Waals surface area (Å²) < 4.78 is 9.89. The number of nitrogens with zero attached hydrogens (tertiary/aromatic N) is 1. The third kappa shape index (κ3) is 3.84. The number of rotatable bonds is 6. The molecule has 0 spiro atoms. The molecular weight excluding hydrogens is 248 g/mol. The largest absolute Gasteiger partial charge is 0.504 e. The fraction of sp³-hybridized carbons (Fsp3) is 0.462. The van der Waals surface area contributed by atoms with Gasteiger partial charge in [-0.3, -0.25) is 4.79 Å². The molecule has 6 heteroatoms. The van der Waals surface area contributed by atoms with Crippen LogP contribution in [0.15, 0.2) is 18.2 Å². The molecule has 0 bridgehead atoms. The number of phenols is 1. The molecule has 19 heavy (non-hydrogen) atoms. The van der Waals surface area contributed by atoms with Crippen LogP contribution in [-0.2, 0) is 4.74 Å².